The van der Waals surface area contributed by atoms with Crippen molar-refractivity contribution in [2.45, 2.75) is 51.0 Å². The highest BCUT2D eigenvalue weighted by atomic mass is 32.1. The lowest BCUT2D eigenvalue weighted by atomic mass is 9.80. The first kappa shape index (κ1) is 10.1. The van der Waals surface area contributed by atoms with E-state index in [4.69, 9.17) is 5.73 Å². The van der Waals surface area contributed by atoms with Gasteiger partial charge in [0.15, 0.2) is 0 Å². The molecule has 0 radical (unpaired) electrons. The first-order chi connectivity index (χ1) is 6.68. The number of aromatic nitrogens is 1. The van der Waals surface area contributed by atoms with Crippen molar-refractivity contribution in [2.24, 2.45) is 5.73 Å². The summed E-state index contributed by atoms with van der Waals surface area (Å²) in [5.74, 6) is 0. The van der Waals surface area contributed by atoms with Gasteiger partial charge in [0.2, 0.25) is 0 Å². The monoisotopic (exact) mass is 210 g/mol. The molecule has 78 valence electrons. The van der Waals surface area contributed by atoms with E-state index in [1.165, 1.54) is 37.0 Å². The summed E-state index contributed by atoms with van der Waals surface area (Å²) in [7, 11) is 0. The van der Waals surface area contributed by atoms with E-state index in [1.807, 2.05) is 6.20 Å². The zero-order valence-corrected chi connectivity index (χ0v) is 9.57. The lowest BCUT2D eigenvalue weighted by molar-refractivity contribution is 0.295. The van der Waals surface area contributed by atoms with Crippen LogP contribution in [0.25, 0.3) is 0 Å². The molecule has 0 bridgehead atoms. The fraction of sp³-hybridized carbons (Fsp3) is 0.727. The van der Waals surface area contributed by atoms with Gasteiger partial charge in [-0.1, -0.05) is 19.3 Å². The molecular formula is C11H18N2S. The Morgan fingerprint density at radius 2 is 2.14 bits per heavy atom. The van der Waals surface area contributed by atoms with Crippen molar-refractivity contribution in [1.82, 2.24) is 4.98 Å². The summed E-state index contributed by atoms with van der Waals surface area (Å²) in [4.78, 5) is 5.63. The Balaban J connectivity index is 2.01. The SMILES string of the molecule is Cc1ncc(CC2(N)CCCCC2)s1. The second kappa shape index (κ2) is 3.99. The summed E-state index contributed by atoms with van der Waals surface area (Å²) in [5.41, 5.74) is 6.45. The van der Waals surface area contributed by atoms with E-state index in [2.05, 4.69) is 11.9 Å². The molecule has 1 heterocycles. The minimum Gasteiger partial charge on any atom is -0.325 e. The molecule has 2 rings (SSSR count). The minimum atomic E-state index is 0.0667. The molecule has 3 heteroatoms. The summed E-state index contributed by atoms with van der Waals surface area (Å²) in [5, 5.41) is 1.15. The van der Waals surface area contributed by atoms with Crippen LogP contribution in [0.2, 0.25) is 0 Å². The molecule has 1 aliphatic carbocycles. The number of rotatable bonds is 2. The summed E-state index contributed by atoms with van der Waals surface area (Å²) in [6.07, 6.45) is 9.35. The third-order valence-corrected chi connectivity index (χ3v) is 3.96. The highest BCUT2D eigenvalue weighted by Crippen LogP contribution is 2.30. The van der Waals surface area contributed by atoms with Crippen molar-refractivity contribution >= 4 is 11.3 Å². The molecule has 1 fully saturated rings. The van der Waals surface area contributed by atoms with Crippen LogP contribution in [0.15, 0.2) is 6.20 Å². The fourth-order valence-electron chi connectivity index (χ4n) is 2.27. The molecule has 0 aliphatic heterocycles. The van der Waals surface area contributed by atoms with Crippen LogP contribution in [0.1, 0.15) is 42.0 Å². The number of hydrogen-bond acceptors (Lipinski definition) is 3. The smallest absolute Gasteiger partial charge is 0.0896 e. The molecule has 0 unspecified atom stereocenters. The number of aryl methyl sites for hydroxylation is 1. The Morgan fingerprint density at radius 3 is 2.71 bits per heavy atom. The molecule has 0 spiro atoms. The van der Waals surface area contributed by atoms with Crippen molar-refractivity contribution in [3.05, 3.63) is 16.1 Å². The van der Waals surface area contributed by atoms with Crippen molar-refractivity contribution in [1.29, 1.82) is 0 Å². The van der Waals surface area contributed by atoms with Gasteiger partial charge < -0.3 is 5.73 Å². The first-order valence-corrected chi connectivity index (χ1v) is 6.20. The molecule has 0 atom stereocenters. The van der Waals surface area contributed by atoms with Crippen LogP contribution in [0.5, 0.6) is 0 Å². The third-order valence-electron chi connectivity index (χ3n) is 3.04. The fourth-order valence-corrected chi connectivity index (χ4v) is 3.22. The maximum absolute atomic E-state index is 6.38. The Bertz CT molecular complexity index is 300. The van der Waals surface area contributed by atoms with E-state index in [1.54, 1.807) is 11.3 Å². The summed E-state index contributed by atoms with van der Waals surface area (Å²) >= 11 is 1.79. The minimum absolute atomic E-state index is 0.0667. The molecule has 1 aromatic rings. The second-order valence-electron chi connectivity index (χ2n) is 4.45. The number of nitrogens with two attached hydrogens (primary N) is 1. The van der Waals surface area contributed by atoms with E-state index in [9.17, 15) is 0 Å². The predicted molar refractivity (Wildman–Crippen MR) is 60.6 cm³/mol. The quantitative estimate of drug-likeness (QED) is 0.815. The molecule has 14 heavy (non-hydrogen) atoms. The van der Waals surface area contributed by atoms with Gasteiger partial charge in [-0.2, -0.15) is 0 Å². The molecular weight excluding hydrogens is 192 g/mol. The Hall–Kier alpha value is -0.410. The molecule has 1 aliphatic rings. The number of hydrogen-bond donors (Lipinski definition) is 1. The largest absolute Gasteiger partial charge is 0.325 e. The first-order valence-electron chi connectivity index (χ1n) is 5.38. The summed E-state index contributed by atoms with van der Waals surface area (Å²) < 4.78 is 0. The molecule has 2 nitrogen and oxygen atoms in total. The van der Waals surface area contributed by atoms with Crippen LogP contribution in [-0.4, -0.2) is 10.5 Å². The predicted octanol–water partition coefficient (Wildman–Crippen LogP) is 2.66. The van der Waals surface area contributed by atoms with E-state index in [0.29, 0.717) is 0 Å². The highest BCUT2D eigenvalue weighted by molar-refractivity contribution is 7.11. The van der Waals surface area contributed by atoms with Gasteiger partial charge in [-0.15, -0.1) is 11.3 Å². The van der Waals surface area contributed by atoms with Gasteiger partial charge in [0.1, 0.15) is 0 Å². The molecule has 2 N–H and O–H groups in total. The van der Waals surface area contributed by atoms with Gasteiger partial charge in [-0.05, 0) is 19.8 Å². The topological polar surface area (TPSA) is 38.9 Å². The van der Waals surface area contributed by atoms with Crippen LogP contribution in [0.3, 0.4) is 0 Å². The van der Waals surface area contributed by atoms with E-state index < -0.39 is 0 Å². The molecule has 0 saturated heterocycles. The van der Waals surface area contributed by atoms with Crippen molar-refractivity contribution < 1.29 is 0 Å². The second-order valence-corrected chi connectivity index (χ2v) is 5.76. The highest BCUT2D eigenvalue weighted by Gasteiger charge is 2.28. The van der Waals surface area contributed by atoms with Crippen molar-refractivity contribution in [3.8, 4) is 0 Å². The van der Waals surface area contributed by atoms with Gasteiger partial charge in [0.05, 0.1) is 5.01 Å². The lowest BCUT2D eigenvalue weighted by Crippen LogP contribution is -2.43. The normalized spacial score (nSPS) is 21.0. The van der Waals surface area contributed by atoms with Gasteiger partial charge >= 0.3 is 0 Å². The van der Waals surface area contributed by atoms with Gasteiger partial charge in [-0.3, -0.25) is 0 Å². The summed E-state index contributed by atoms with van der Waals surface area (Å²) in [6.45, 7) is 2.05. The van der Waals surface area contributed by atoms with Crippen LogP contribution < -0.4 is 5.73 Å². The van der Waals surface area contributed by atoms with Gasteiger partial charge in [0.25, 0.3) is 0 Å². The Morgan fingerprint density at radius 1 is 1.43 bits per heavy atom. The Kier molecular flexibility index (Phi) is 2.88. The number of nitrogens with zero attached hydrogens (tertiary/aromatic N) is 1. The van der Waals surface area contributed by atoms with E-state index in [-0.39, 0.29) is 5.54 Å². The lowest BCUT2D eigenvalue weighted by Gasteiger charge is -2.32. The van der Waals surface area contributed by atoms with Crippen LogP contribution in [0.4, 0.5) is 0 Å². The standard InChI is InChI=1S/C11H18N2S/c1-9-13-8-10(14-9)7-11(12)5-3-2-4-6-11/h8H,2-7,12H2,1H3. The zero-order valence-electron chi connectivity index (χ0n) is 8.75. The maximum Gasteiger partial charge on any atom is 0.0896 e. The summed E-state index contributed by atoms with van der Waals surface area (Å²) in [6, 6.07) is 0. The molecule has 1 saturated carbocycles. The maximum atomic E-state index is 6.38. The molecule has 0 amide bonds. The molecule has 0 aromatic carbocycles. The van der Waals surface area contributed by atoms with Gasteiger partial charge in [-0.25, -0.2) is 4.98 Å². The van der Waals surface area contributed by atoms with E-state index in [0.717, 1.165) is 11.4 Å². The van der Waals surface area contributed by atoms with E-state index >= 15 is 0 Å². The van der Waals surface area contributed by atoms with Crippen LogP contribution in [-0.2, 0) is 6.42 Å². The number of thiazole rings is 1. The van der Waals surface area contributed by atoms with Crippen LogP contribution >= 0.6 is 11.3 Å². The van der Waals surface area contributed by atoms with Crippen molar-refractivity contribution in [2.75, 3.05) is 0 Å². The average Bonchev–Trinajstić information content (AvgIpc) is 2.51. The third kappa shape index (κ3) is 2.34. The average molecular weight is 210 g/mol. The molecule has 1 aromatic heterocycles. The van der Waals surface area contributed by atoms with Crippen LogP contribution in [0, 0.1) is 6.92 Å². The van der Waals surface area contributed by atoms with Gasteiger partial charge in [0, 0.05) is 23.0 Å². The zero-order chi connectivity index (χ0) is 10.0. The van der Waals surface area contributed by atoms with Crippen molar-refractivity contribution in [3.63, 3.8) is 0 Å². The Labute approximate surface area is 89.5 Å².